The Morgan fingerprint density at radius 3 is 2.87 bits per heavy atom. The van der Waals surface area contributed by atoms with Gasteiger partial charge in [0.05, 0.1) is 6.61 Å². The molecule has 0 spiro atoms. The van der Waals surface area contributed by atoms with Crippen molar-refractivity contribution in [1.82, 2.24) is 5.32 Å². The molecule has 15 heavy (non-hydrogen) atoms. The quantitative estimate of drug-likeness (QED) is 0.759. The number of nitrogens with one attached hydrogen (secondary N) is 1. The zero-order valence-corrected chi connectivity index (χ0v) is 8.79. The van der Waals surface area contributed by atoms with Crippen molar-refractivity contribution in [3.8, 4) is 0 Å². The van der Waals surface area contributed by atoms with Crippen LogP contribution in [0.1, 0.15) is 18.1 Å². The van der Waals surface area contributed by atoms with Crippen LogP contribution in [0, 0.1) is 0 Å². The number of hydrogen-bond acceptors (Lipinski definition) is 2. The SMILES string of the molecule is CC(=O)NCC1(CO)Cc2ccccc21. The molecule has 0 saturated heterocycles. The van der Waals surface area contributed by atoms with Gasteiger partial charge in [0, 0.05) is 18.9 Å². The molecule has 1 aliphatic rings. The fourth-order valence-electron chi connectivity index (χ4n) is 2.19. The Labute approximate surface area is 89.1 Å². The summed E-state index contributed by atoms with van der Waals surface area (Å²) in [7, 11) is 0. The third-order valence-corrected chi connectivity index (χ3v) is 3.10. The highest BCUT2D eigenvalue weighted by atomic mass is 16.3. The number of rotatable bonds is 3. The maximum absolute atomic E-state index is 10.9. The Hall–Kier alpha value is -1.35. The molecule has 1 aromatic carbocycles. The largest absolute Gasteiger partial charge is 0.395 e. The minimum absolute atomic E-state index is 0.0489. The molecule has 2 N–H and O–H groups in total. The highest BCUT2D eigenvalue weighted by Crippen LogP contribution is 2.40. The van der Waals surface area contributed by atoms with E-state index in [1.807, 2.05) is 18.2 Å². The molecule has 0 aromatic heterocycles. The first kappa shape index (κ1) is 10.2. The number of carbonyl (C=O) groups excluding carboxylic acids is 1. The number of carbonyl (C=O) groups is 1. The molecule has 3 heteroatoms. The van der Waals surface area contributed by atoms with Crippen LogP contribution in [0.2, 0.25) is 0 Å². The lowest BCUT2D eigenvalue weighted by Crippen LogP contribution is -2.50. The Morgan fingerprint density at radius 1 is 1.53 bits per heavy atom. The van der Waals surface area contributed by atoms with Crippen molar-refractivity contribution in [1.29, 1.82) is 0 Å². The number of hydrogen-bond donors (Lipinski definition) is 2. The number of amides is 1. The van der Waals surface area contributed by atoms with Crippen LogP contribution in [0.25, 0.3) is 0 Å². The number of fused-ring (bicyclic) bond motifs is 1. The molecule has 1 aliphatic carbocycles. The van der Waals surface area contributed by atoms with Crippen LogP contribution in [0.3, 0.4) is 0 Å². The van der Waals surface area contributed by atoms with Gasteiger partial charge in [0.15, 0.2) is 0 Å². The average Bonchev–Trinajstić information content (AvgIpc) is 2.20. The van der Waals surface area contributed by atoms with E-state index in [2.05, 4.69) is 11.4 Å². The third kappa shape index (κ3) is 1.63. The maximum Gasteiger partial charge on any atom is 0.216 e. The summed E-state index contributed by atoms with van der Waals surface area (Å²) < 4.78 is 0. The summed E-state index contributed by atoms with van der Waals surface area (Å²) in [6, 6.07) is 8.06. The van der Waals surface area contributed by atoms with E-state index in [9.17, 15) is 9.90 Å². The van der Waals surface area contributed by atoms with Gasteiger partial charge in [0.2, 0.25) is 5.91 Å². The van der Waals surface area contributed by atoms with Gasteiger partial charge in [-0.2, -0.15) is 0 Å². The normalized spacial score (nSPS) is 22.8. The molecule has 1 unspecified atom stereocenters. The van der Waals surface area contributed by atoms with Gasteiger partial charge in [-0.15, -0.1) is 0 Å². The van der Waals surface area contributed by atoms with E-state index in [1.165, 1.54) is 18.1 Å². The highest BCUT2D eigenvalue weighted by Gasteiger charge is 2.41. The third-order valence-electron chi connectivity index (χ3n) is 3.10. The summed E-state index contributed by atoms with van der Waals surface area (Å²) >= 11 is 0. The lowest BCUT2D eigenvalue weighted by molar-refractivity contribution is -0.119. The molecule has 0 fully saturated rings. The van der Waals surface area contributed by atoms with Gasteiger partial charge in [0.1, 0.15) is 0 Å². The Balaban J connectivity index is 2.17. The number of benzene rings is 1. The predicted molar refractivity (Wildman–Crippen MR) is 57.6 cm³/mol. The molecule has 3 nitrogen and oxygen atoms in total. The van der Waals surface area contributed by atoms with Gasteiger partial charge >= 0.3 is 0 Å². The molecule has 1 aromatic rings. The van der Waals surface area contributed by atoms with Crippen LogP contribution in [-0.2, 0) is 16.6 Å². The summed E-state index contributed by atoms with van der Waals surface area (Å²) in [4.78, 5) is 10.9. The zero-order valence-electron chi connectivity index (χ0n) is 8.79. The molecule has 1 atom stereocenters. The van der Waals surface area contributed by atoms with Gasteiger partial charge in [-0.3, -0.25) is 4.79 Å². The van der Waals surface area contributed by atoms with Crippen molar-refractivity contribution in [2.75, 3.05) is 13.2 Å². The van der Waals surface area contributed by atoms with Crippen LogP contribution < -0.4 is 5.32 Å². The van der Waals surface area contributed by atoms with Gasteiger partial charge in [-0.1, -0.05) is 24.3 Å². The molecule has 80 valence electrons. The van der Waals surface area contributed by atoms with Gasteiger partial charge in [-0.25, -0.2) is 0 Å². The fourth-order valence-corrected chi connectivity index (χ4v) is 2.19. The molecular formula is C12H15NO2. The average molecular weight is 205 g/mol. The van der Waals surface area contributed by atoms with Crippen molar-refractivity contribution in [2.24, 2.45) is 0 Å². The molecule has 0 heterocycles. The Bertz CT molecular complexity index is 389. The summed E-state index contributed by atoms with van der Waals surface area (Å²) in [6.07, 6.45) is 0.847. The summed E-state index contributed by atoms with van der Waals surface area (Å²) in [5.74, 6) is -0.0489. The summed E-state index contributed by atoms with van der Waals surface area (Å²) in [5, 5.41) is 12.2. The van der Waals surface area contributed by atoms with Crippen molar-refractivity contribution in [3.63, 3.8) is 0 Å². The second-order valence-corrected chi connectivity index (χ2v) is 4.18. The van der Waals surface area contributed by atoms with E-state index in [0.29, 0.717) is 6.54 Å². The van der Waals surface area contributed by atoms with Crippen LogP contribution >= 0.6 is 0 Å². The van der Waals surface area contributed by atoms with E-state index in [1.54, 1.807) is 0 Å². The molecule has 0 aliphatic heterocycles. The van der Waals surface area contributed by atoms with Crippen LogP contribution in [0.5, 0.6) is 0 Å². The molecule has 1 amide bonds. The maximum atomic E-state index is 10.9. The minimum atomic E-state index is -0.248. The molecule has 0 saturated carbocycles. The topological polar surface area (TPSA) is 49.3 Å². The van der Waals surface area contributed by atoms with E-state index in [0.717, 1.165) is 6.42 Å². The molecule has 0 bridgehead atoms. The van der Waals surface area contributed by atoms with Gasteiger partial charge < -0.3 is 10.4 Å². The standard InChI is InChI=1S/C12H15NO2/c1-9(15)13-7-12(8-14)6-10-4-2-3-5-11(10)12/h2-5,14H,6-8H2,1H3,(H,13,15). The van der Waals surface area contributed by atoms with E-state index < -0.39 is 0 Å². The highest BCUT2D eigenvalue weighted by molar-refractivity contribution is 5.73. The minimum Gasteiger partial charge on any atom is -0.395 e. The monoisotopic (exact) mass is 205 g/mol. The number of aliphatic hydroxyl groups is 1. The number of aliphatic hydroxyl groups excluding tert-OH is 1. The predicted octanol–water partition coefficient (Wildman–Crippen LogP) is 0.609. The zero-order chi connectivity index (χ0) is 10.9. The first-order valence-electron chi connectivity index (χ1n) is 5.12. The van der Waals surface area contributed by atoms with Gasteiger partial charge in [0.25, 0.3) is 0 Å². The lowest BCUT2D eigenvalue weighted by atomic mass is 9.64. The van der Waals surface area contributed by atoms with Gasteiger partial charge in [-0.05, 0) is 17.5 Å². The lowest BCUT2D eigenvalue weighted by Gasteiger charge is -2.42. The Morgan fingerprint density at radius 2 is 2.27 bits per heavy atom. The molecular weight excluding hydrogens is 190 g/mol. The second-order valence-electron chi connectivity index (χ2n) is 4.18. The molecule has 0 radical (unpaired) electrons. The van der Waals surface area contributed by atoms with Crippen LogP contribution in [0.15, 0.2) is 24.3 Å². The van der Waals surface area contributed by atoms with E-state index in [4.69, 9.17) is 0 Å². The van der Waals surface area contributed by atoms with E-state index >= 15 is 0 Å². The van der Waals surface area contributed by atoms with Crippen molar-refractivity contribution in [3.05, 3.63) is 35.4 Å². The first-order chi connectivity index (χ1) is 7.18. The fraction of sp³-hybridized carbons (Fsp3) is 0.417. The second kappa shape index (κ2) is 3.66. The van der Waals surface area contributed by atoms with Crippen LogP contribution in [-0.4, -0.2) is 24.2 Å². The van der Waals surface area contributed by atoms with Crippen molar-refractivity contribution < 1.29 is 9.90 Å². The van der Waals surface area contributed by atoms with E-state index in [-0.39, 0.29) is 17.9 Å². The first-order valence-corrected chi connectivity index (χ1v) is 5.12. The smallest absolute Gasteiger partial charge is 0.216 e. The van der Waals surface area contributed by atoms with Crippen LogP contribution in [0.4, 0.5) is 0 Å². The van der Waals surface area contributed by atoms with Crippen molar-refractivity contribution >= 4 is 5.91 Å². The Kier molecular flexibility index (Phi) is 2.49. The van der Waals surface area contributed by atoms with Crippen molar-refractivity contribution in [2.45, 2.75) is 18.8 Å². The summed E-state index contributed by atoms with van der Waals surface area (Å²) in [6.45, 7) is 2.11. The molecule has 2 rings (SSSR count). The summed E-state index contributed by atoms with van der Waals surface area (Å²) in [5.41, 5.74) is 2.19.